The monoisotopic (exact) mass is 260 g/mol. The fraction of sp³-hybridized carbons (Fsp3) is 0.300. The summed E-state index contributed by atoms with van der Waals surface area (Å²) in [5, 5.41) is 8.67. The fourth-order valence-electron chi connectivity index (χ4n) is 1.12. The topological polar surface area (TPSA) is 71.4 Å². The van der Waals surface area contributed by atoms with Crippen molar-refractivity contribution in [2.24, 2.45) is 0 Å². The number of carboxylic acid groups (broad SMARTS) is 1. The van der Waals surface area contributed by atoms with Crippen molar-refractivity contribution in [1.29, 1.82) is 0 Å². The molecule has 0 fully saturated rings. The van der Waals surface area contributed by atoms with Crippen molar-refractivity contribution < 1.29 is 18.3 Å². The van der Waals surface area contributed by atoms with E-state index in [4.69, 9.17) is 5.11 Å². The van der Waals surface area contributed by atoms with Crippen LogP contribution in [0, 0.1) is 0 Å². The Balaban J connectivity index is 2.93. The maximum Gasteiger partial charge on any atom is 0.335 e. The van der Waals surface area contributed by atoms with Gasteiger partial charge in [-0.3, -0.25) is 0 Å². The summed E-state index contributed by atoms with van der Waals surface area (Å²) in [6, 6.07) is 5.26. The normalized spacial score (nSPS) is 11.3. The number of thioether (sulfide) groups is 1. The molecule has 1 N–H and O–H groups in total. The van der Waals surface area contributed by atoms with E-state index >= 15 is 0 Å². The lowest BCUT2D eigenvalue weighted by Crippen LogP contribution is -2.09. The van der Waals surface area contributed by atoms with Crippen LogP contribution in [-0.4, -0.2) is 37.3 Å². The molecule has 0 unspecified atom stereocenters. The Morgan fingerprint density at radius 2 is 1.88 bits per heavy atom. The molecule has 0 heterocycles. The molecule has 0 aliphatic rings. The van der Waals surface area contributed by atoms with E-state index in [1.807, 2.05) is 6.26 Å². The van der Waals surface area contributed by atoms with Gasteiger partial charge >= 0.3 is 5.97 Å². The maximum absolute atomic E-state index is 11.7. The Morgan fingerprint density at radius 3 is 2.31 bits per heavy atom. The summed E-state index contributed by atoms with van der Waals surface area (Å²) >= 11 is 1.46. The summed E-state index contributed by atoms with van der Waals surface area (Å²) in [6.07, 6.45) is 1.84. The maximum atomic E-state index is 11.7. The molecule has 88 valence electrons. The van der Waals surface area contributed by atoms with E-state index in [9.17, 15) is 13.2 Å². The first-order chi connectivity index (χ1) is 7.47. The average molecular weight is 260 g/mol. The van der Waals surface area contributed by atoms with Gasteiger partial charge < -0.3 is 5.11 Å². The van der Waals surface area contributed by atoms with Gasteiger partial charge in [-0.1, -0.05) is 0 Å². The Labute approximate surface area is 98.6 Å². The zero-order chi connectivity index (χ0) is 12.2. The van der Waals surface area contributed by atoms with Crippen LogP contribution in [0.1, 0.15) is 10.4 Å². The molecule has 0 atom stereocenters. The minimum Gasteiger partial charge on any atom is -0.478 e. The second-order valence-electron chi connectivity index (χ2n) is 3.14. The van der Waals surface area contributed by atoms with E-state index in [0.717, 1.165) is 0 Å². The predicted octanol–water partition coefficient (Wildman–Crippen LogP) is 1.52. The molecule has 6 heteroatoms. The highest BCUT2D eigenvalue weighted by molar-refractivity contribution is 8.00. The lowest BCUT2D eigenvalue weighted by Gasteiger charge is -2.03. The van der Waals surface area contributed by atoms with Crippen molar-refractivity contribution in [3.05, 3.63) is 29.8 Å². The van der Waals surface area contributed by atoms with Gasteiger partial charge in [0.05, 0.1) is 16.2 Å². The van der Waals surface area contributed by atoms with Crippen molar-refractivity contribution in [2.75, 3.05) is 17.8 Å². The van der Waals surface area contributed by atoms with Crippen LogP contribution in [0.5, 0.6) is 0 Å². The quantitative estimate of drug-likeness (QED) is 0.869. The summed E-state index contributed by atoms with van der Waals surface area (Å²) in [5.41, 5.74) is 0.0869. The number of sulfone groups is 1. The molecule has 0 bridgehead atoms. The summed E-state index contributed by atoms with van der Waals surface area (Å²) in [4.78, 5) is 10.8. The Kier molecular flexibility index (Phi) is 4.37. The summed E-state index contributed by atoms with van der Waals surface area (Å²) < 4.78 is 23.4. The number of carboxylic acids is 1. The van der Waals surface area contributed by atoms with Gasteiger partial charge in [-0.15, -0.1) is 0 Å². The lowest BCUT2D eigenvalue weighted by molar-refractivity contribution is 0.0697. The summed E-state index contributed by atoms with van der Waals surface area (Å²) in [7, 11) is -3.28. The number of carbonyl (C=O) groups is 1. The highest BCUT2D eigenvalue weighted by Gasteiger charge is 2.14. The molecule has 0 spiro atoms. The standard InChI is InChI=1S/C10H12O4S2/c1-15-6-7-16(13,14)9-4-2-8(3-5-9)10(11)12/h2-5H,6-7H2,1H3,(H,11,12). The zero-order valence-electron chi connectivity index (χ0n) is 8.71. The smallest absolute Gasteiger partial charge is 0.335 e. The van der Waals surface area contributed by atoms with Crippen LogP contribution in [0.4, 0.5) is 0 Å². The van der Waals surface area contributed by atoms with Crippen molar-refractivity contribution in [3.8, 4) is 0 Å². The van der Waals surface area contributed by atoms with Gasteiger partial charge in [-0.2, -0.15) is 11.8 Å². The Hall–Kier alpha value is -1.01. The molecule has 1 rings (SSSR count). The SMILES string of the molecule is CSCCS(=O)(=O)c1ccc(C(=O)O)cc1. The second kappa shape index (κ2) is 5.36. The number of rotatable bonds is 5. The van der Waals surface area contributed by atoms with Gasteiger partial charge in [-0.25, -0.2) is 13.2 Å². The Bertz CT molecular complexity index is 462. The van der Waals surface area contributed by atoms with Gasteiger partial charge in [0.25, 0.3) is 0 Å². The molecule has 16 heavy (non-hydrogen) atoms. The van der Waals surface area contributed by atoms with Crippen LogP contribution in [0.25, 0.3) is 0 Å². The molecular formula is C10H12O4S2. The van der Waals surface area contributed by atoms with Crippen molar-refractivity contribution >= 4 is 27.6 Å². The van der Waals surface area contributed by atoms with Gasteiger partial charge in [-0.05, 0) is 30.5 Å². The predicted molar refractivity (Wildman–Crippen MR) is 63.8 cm³/mol. The Morgan fingerprint density at radius 1 is 1.31 bits per heavy atom. The summed E-state index contributed by atoms with van der Waals surface area (Å²) in [6.45, 7) is 0. The van der Waals surface area contributed by atoms with Gasteiger partial charge in [0.15, 0.2) is 9.84 Å². The zero-order valence-corrected chi connectivity index (χ0v) is 10.3. The van der Waals surface area contributed by atoms with Crippen molar-refractivity contribution in [2.45, 2.75) is 4.90 Å². The highest BCUT2D eigenvalue weighted by atomic mass is 32.2. The largest absolute Gasteiger partial charge is 0.478 e. The number of hydrogen-bond donors (Lipinski definition) is 1. The van der Waals surface area contributed by atoms with E-state index in [2.05, 4.69) is 0 Å². The molecule has 0 radical (unpaired) electrons. The van der Waals surface area contributed by atoms with E-state index < -0.39 is 15.8 Å². The van der Waals surface area contributed by atoms with Gasteiger partial charge in [0.2, 0.25) is 0 Å². The molecule has 0 amide bonds. The molecule has 0 aliphatic carbocycles. The fourth-order valence-corrected chi connectivity index (χ4v) is 3.45. The number of hydrogen-bond acceptors (Lipinski definition) is 4. The van der Waals surface area contributed by atoms with E-state index in [1.165, 1.54) is 36.0 Å². The van der Waals surface area contributed by atoms with Crippen LogP contribution < -0.4 is 0 Å². The van der Waals surface area contributed by atoms with Crippen molar-refractivity contribution in [1.82, 2.24) is 0 Å². The minimum atomic E-state index is -3.28. The van der Waals surface area contributed by atoms with E-state index in [0.29, 0.717) is 5.75 Å². The molecule has 4 nitrogen and oxygen atoms in total. The average Bonchev–Trinajstić information content (AvgIpc) is 2.26. The number of aromatic carboxylic acids is 1. The second-order valence-corrected chi connectivity index (χ2v) is 6.24. The molecule has 1 aromatic rings. The van der Waals surface area contributed by atoms with Gasteiger partial charge in [0.1, 0.15) is 0 Å². The molecule has 1 aromatic carbocycles. The van der Waals surface area contributed by atoms with Crippen molar-refractivity contribution in [3.63, 3.8) is 0 Å². The highest BCUT2D eigenvalue weighted by Crippen LogP contribution is 2.13. The third-order valence-electron chi connectivity index (χ3n) is 2.02. The van der Waals surface area contributed by atoms with Crippen LogP contribution in [0.15, 0.2) is 29.2 Å². The molecule has 0 aromatic heterocycles. The molecular weight excluding hydrogens is 248 g/mol. The first-order valence-electron chi connectivity index (χ1n) is 4.52. The summed E-state index contributed by atoms with van der Waals surface area (Å²) in [5.74, 6) is -0.461. The van der Waals surface area contributed by atoms with Crippen LogP contribution in [0.3, 0.4) is 0 Å². The first-order valence-corrected chi connectivity index (χ1v) is 7.57. The third kappa shape index (κ3) is 3.24. The van der Waals surface area contributed by atoms with Crippen LogP contribution in [-0.2, 0) is 9.84 Å². The third-order valence-corrected chi connectivity index (χ3v) is 4.62. The first kappa shape index (κ1) is 13.1. The lowest BCUT2D eigenvalue weighted by atomic mass is 10.2. The minimum absolute atomic E-state index is 0.0700. The number of benzene rings is 1. The van der Waals surface area contributed by atoms with Crippen LogP contribution in [0.2, 0.25) is 0 Å². The molecule has 0 saturated heterocycles. The molecule has 0 aliphatic heterocycles. The van der Waals surface area contributed by atoms with E-state index in [-0.39, 0.29) is 16.2 Å². The van der Waals surface area contributed by atoms with Crippen LogP contribution >= 0.6 is 11.8 Å². The molecule has 0 saturated carbocycles. The van der Waals surface area contributed by atoms with E-state index in [1.54, 1.807) is 0 Å². The van der Waals surface area contributed by atoms with Gasteiger partial charge in [0, 0.05) is 5.75 Å².